The van der Waals surface area contributed by atoms with Crippen LogP contribution in [-0.4, -0.2) is 12.1 Å². The third kappa shape index (κ3) is 3.50. The number of nitrogens with one attached hydrogen (secondary N) is 2. The van der Waals surface area contributed by atoms with Gasteiger partial charge in [-0.3, -0.25) is 4.79 Å². The lowest BCUT2D eigenvalue weighted by molar-refractivity contribution is 0.0940. The summed E-state index contributed by atoms with van der Waals surface area (Å²) >= 11 is 1.80. The summed E-state index contributed by atoms with van der Waals surface area (Å²) in [5.41, 5.74) is 4.81. The van der Waals surface area contributed by atoms with Gasteiger partial charge >= 0.3 is 0 Å². The third-order valence-corrected chi connectivity index (χ3v) is 7.89. The van der Waals surface area contributed by atoms with Crippen LogP contribution in [0.2, 0.25) is 0 Å². The summed E-state index contributed by atoms with van der Waals surface area (Å²) in [5.74, 6) is 0.772. The summed E-state index contributed by atoms with van der Waals surface area (Å²) in [4.78, 5) is 14.4. The van der Waals surface area contributed by atoms with Crippen LogP contribution >= 0.6 is 11.3 Å². The summed E-state index contributed by atoms with van der Waals surface area (Å²) in [6.45, 7) is 9.13. The predicted octanol–water partition coefficient (Wildman–Crippen LogP) is 5.87. The van der Waals surface area contributed by atoms with Gasteiger partial charge in [0.2, 0.25) is 0 Å². The second-order valence-electron chi connectivity index (χ2n) is 8.84. The molecule has 2 aliphatic rings. The highest BCUT2D eigenvalue weighted by Gasteiger charge is 2.37. The maximum atomic E-state index is 12.9. The lowest BCUT2D eigenvalue weighted by Gasteiger charge is -2.36. The van der Waals surface area contributed by atoms with E-state index in [1.807, 2.05) is 18.2 Å². The van der Waals surface area contributed by atoms with Crippen LogP contribution < -0.4 is 10.6 Å². The Morgan fingerprint density at radius 1 is 1.25 bits per heavy atom. The molecule has 2 N–H and O–H groups in total. The van der Waals surface area contributed by atoms with Crippen molar-refractivity contribution < 1.29 is 4.79 Å². The van der Waals surface area contributed by atoms with Crippen molar-refractivity contribution in [1.82, 2.24) is 5.32 Å². The van der Waals surface area contributed by atoms with E-state index in [9.17, 15) is 4.79 Å². The molecule has 1 aliphatic heterocycles. The molecule has 1 aromatic carbocycles. The van der Waals surface area contributed by atoms with Crippen molar-refractivity contribution in [2.45, 2.75) is 59.5 Å². The van der Waals surface area contributed by atoms with E-state index in [-0.39, 0.29) is 12.1 Å². The number of fused-ring (bicyclic) bond motifs is 3. The second-order valence-corrected chi connectivity index (χ2v) is 9.94. The van der Waals surface area contributed by atoms with Crippen LogP contribution in [0.15, 0.2) is 35.9 Å². The molecular weight excluding hydrogens is 364 g/mol. The number of amides is 1. The Morgan fingerprint density at radius 3 is 2.71 bits per heavy atom. The lowest BCUT2D eigenvalue weighted by atomic mass is 9.69. The van der Waals surface area contributed by atoms with Crippen LogP contribution in [0.3, 0.4) is 0 Å². The second kappa shape index (κ2) is 7.40. The molecule has 4 rings (SSSR count). The highest BCUT2D eigenvalue weighted by Crippen LogP contribution is 2.46. The van der Waals surface area contributed by atoms with Gasteiger partial charge in [0.1, 0.15) is 11.2 Å². The Labute approximate surface area is 172 Å². The van der Waals surface area contributed by atoms with E-state index in [1.165, 1.54) is 23.3 Å². The van der Waals surface area contributed by atoms with Crippen LogP contribution in [0.25, 0.3) is 6.08 Å². The highest BCUT2D eigenvalue weighted by atomic mass is 32.1. The van der Waals surface area contributed by atoms with Gasteiger partial charge in [0.15, 0.2) is 0 Å². The molecule has 1 aromatic heterocycles. The maximum Gasteiger partial charge on any atom is 0.256 e. The zero-order valence-corrected chi connectivity index (χ0v) is 18.1. The summed E-state index contributed by atoms with van der Waals surface area (Å²) in [5, 5.41) is 7.81. The molecule has 0 fully saturated rings. The van der Waals surface area contributed by atoms with Crippen molar-refractivity contribution in [3.63, 3.8) is 0 Å². The van der Waals surface area contributed by atoms with Gasteiger partial charge in [-0.05, 0) is 54.2 Å². The Hall–Kier alpha value is -2.07. The molecular formula is C24H30N2OS. The van der Waals surface area contributed by atoms with E-state index >= 15 is 0 Å². The molecule has 1 aliphatic carbocycles. The maximum absolute atomic E-state index is 12.9. The Morgan fingerprint density at radius 2 is 2.00 bits per heavy atom. The van der Waals surface area contributed by atoms with Crippen molar-refractivity contribution in [2.24, 2.45) is 11.3 Å². The monoisotopic (exact) mass is 394 g/mol. The first-order valence-electron chi connectivity index (χ1n) is 10.3. The average Bonchev–Trinajstić information content (AvgIpc) is 3.06. The van der Waals surface area contributed by atoms with Gasteiger partial charge in [-0.25, -0.2) is 0 Å². The van der Waals surface area contributed by atoms with E-state index in [2.05, 4.69) is 56.5 Å². The fraction of sp³-hybridized carbons (Fsp3) is 0.458. The van der Waals surface area contributed by atoms with E-state index in [0.717, 1.165) is 34.5 Å². The largest absolute Gasteiger partial charge is 0.353 e. The topological polar surface area (TPSA) is 41.1 Å². The number of hydrogen-bond acceptors (Lipinski definition) is 3. The number of carbonyl (C=O) groups excluding carboxylic acids is 1. The summed E-state index contributed by atoms with van der Waals surface area (Å²) in [7, 11) is 0. The molecule has 0 unspecified atom stereocenters. The molecule has 1 amide bonds. The Balaban J connectivity index is 1.59. The third-order valence-electron chi connectivity index (χ3n) is 6.71. The van der Waals surface area contributed by atoms with Crippen LogP contribution in [0.4, 0.5) is 5.00 Å². The van der Waals surface area contributed by atoms with Gasteiger partial charge in [0.05, 0.1) is 5.56 Å². The van der Waals surface area contributed by atoms with E-state index < -0.39 is 0 Å². The number of thiophene rings is 1. The predicted molar refractivity (Wildman–Crippen MR) is 119 cm³/mol. The van der Waals surface area contributed by atoms with Gasteiger partial charge in [-0.2, -0.15) is 0 Å². The number of benzene rings is 1. The minimum atomic E-state index is -0.150. The van der Waals surface area contributed by atoms with Crippen molar-refractivity contribution in [2.75, 3.05) is 5.32 Å². The average molecular weight is 395 g/mol. The number of anilines is 1. The first-order valence-corrected chi connectivity index (χ1v) is 11.2. The number of hydrogen-bond donors (Lipinski definition) is 2. The molecule has 3 nitrogen and oxygen atoms in total. The zero-order valence-electron chi connectivity index (χ0n) is 17.3. The lowest BCUT2D eigenvalue weighted by Crippen LogP contribution is -2.45. The van der Waals surface area contributed by atoms with Crippen molar-refractivity contribution in [1.29, 1.82) is 0 Å². The van der Waals surface area contributed by atoms with E-state index in [4.69, 9.17) is 0 Å². The standard InChI is InChI=1S/C24H30N2OS/c1-5-24(3,4)17-11-12-18-19(14-17)28-23-20(18)22(27)25-21(26-23)15(2)13-16-9-7-6-8-10-16/h6-10,13,17,21,26H,5,11-12,14H2,1-4H3,(H,25,27)/b15-13+/t17-,21-/m0/s1. The van der Waals surface area contributed by atoms with Gasteiger partial charge < -0.3 is 10.6 Å². The van der Waals surface area contributed by atoms with Gasteiger partial charge in [0, 0.05) is 4.88 Å². The molecule has 0 bridgehead atoms. The molecule has 2 atom stereocenters. The normalized spacial score (nSPS) is 22.1. The van der Waals surface area contributed by atoms with Gasteiger partial charge in [-0.15, -0.1) is 11.3 Å². The first-order chi connectivity index (χ1) is 13.4. The van der Waals surface area contributed by atoms with Crippen molar-refractivity contribution in [3.05, 3.63) is 57.5 Å². The Bertz CT molecular complexity index is 910. The quantitative estimate of drug-likeness (QED) is 0.680. The SMILES string of the molecule is CCC(C)(C)[C@H]1CCc2c(sc3c2C(=O)N[C@H](/C(C)=C/c2ccccc2)N3)C1. The summed E-state index contributed by atoms with van der Waals surface area (Å²) in [6.07, 6.45) is 6.49. The molecule has 0 saturated carbocycles. The molecule has 0 radical (unpaired) electrons. The minimum absolute atomic E-state index is 0.0743. The summed E-state index contributed by atoms with van der Waals surface area (Å²) in [6, 6.07) is 10.2. The van der Waals surface area contributed by atoms with Crippen LogP contribution in [0.5, 0.6) is 0 Å². The Kier molecular flexibility index (Phi) is 5.09. The van der Waals surface area contributed by atoms with Crippen molar-refractivity contribution >= 4 is 28.3 Å². The van der Waals surface area contributed by atoms with E-state index in [1.54, 1.807) is 11.3 Å². The zero-order chi connectivity index (χ0) is 19.9. The molecule has 0 spiro atoms. The molecule has 2 aromatic rings. The van der Waals surface area contributed by atoms with Crippen LogP contribution in [0, 0.1) is 11.3 Å². The van der Waals surface area contributed by atoms with Gasteiger partial charge in [0.25, 0.3) is 5.91 Å². The fourth-order valence-corrected chi connectivity index (χ4v) is 5.73. The summed E-state index contributed by atoms with van der Waals surface area (Å²) < 4.78 is 0. The minimum Gasteiger partial charge on any atom is -0.353 e. The van der Waals surface area contributed by atoms with Crippen molar-refractivity contribution in [3.8, 4) is 0 Å². The van der Waals surface area contributed by atoms with Crippen LogP contribution in [0.1, 0.15) is 66.9 Å². The van der Waals surface area contributed by atoms with Crippen LogP contribution in [-0.2, 0) is 12.8 Å². The molecule has 0 saturated heterocycles. The molecule has 148 valence electrons. The smallest absolute Gasteiger partial charge is 0.256 e. The molecule has 2 heterocycles. The highest BCUT2D eigenvalue weighted by molar-refractivity contribution is 7.16. The van der Waals surface area contributed by atoms with Gasteiger partial charge in [-0.1, -0.05) is 63.6 Å². The van der Waals surface area contributed by atoms with E-state index in [0.29, 0.717) is 11.3 Å². The number of carbonyl (C=O) groups is 1. The first kappa shape index (κ1) is 19.3. The number of rotatable bonds is 4. The fourth-order valence-electron chi connectivity index (χ4n) is 4.38. The molecule has 4 heteroatoms. The molecule has 28 heavy (non-hydrogen) atoms.